The third-order valence-electron chi connectivity index (χ3n) is 4.51. The van der Waals surface area contributed by atoms with E-state index in [1.54, 1.807) is 7.11 Å². The molecule has 1 N–H and O–H groups in total. The van der Waals surface area contributed by atoms with E-state index in [9.17, 15) is 0 Å². The summed E-state index contributed by atoms with van der Waals surface area (Å²) in [5.74, 6) is 1.78. The summed E-state index contributed by atoms with van der Waals surface area (Å²) in [5, 5.41) is 3.39. The van der Waals surface area contributed by atoms with E-state index in [-0.39, 0.29) is 6.10 Å². The molecule has 0 saturated carbocycles. The van der Waals surface area contributed by atoms with Gasteiger partial charge in [0, 0.05) is 51.4 Å². The van der Waals surface area contributed by atoms with Crippen molar-refractivity contribution in [1.29, 1.82) is 0 Å². The number of hydrogen-bond acceptors (Lipinski definition) is 5. The SMILES string of the molecule is COc1c(CN2CCNCC2)cccc1OC1CCN(C)C1. The summed E-state index contributed by atoms with van der Waals surface area (Å²) >= 11 is 0. The molecule has 5 nitrogen and oxygen atoms in total. The number of rotatable bonds is 5. The maximum absolute atomic E-state index is 6.20. The second-order valence-electron chi connectivity index (χ2n) is 6.27. The largest absolute Gasteiger partial charge is 0.493 e. The van der Waals surface area contributed by atoms with E-state index in [1.165, 1.54) is 5.56 Å². The number of hydrogen-bond donors (Lipinski definition) is 1. The van der Waals surface area contributed by atoms with Crippen LogP contribution in [-0.4, -0.2) is 69.3 Å². The van der Waals surface area contributed by atoms with Gasteiger partial charge in [-0.15, -0.1) is 0 Å². The predicted octanol–water partition coefficient (Wildman–Crippen LogP) is 1.18. The molecule has 2 saturated heterocycles. The van der Waals surface area contributed by atoms with Crippen LogP contribution in [0.15, 0.2) is 18.2 Å². The minimum absolute atomic E-state index is 0.272. The quantitative estimate of drug-likeness (QED) is 0.884. The topological polar surface area (TPSA) is 37.0 Å². The molecule has 0 aromatic heterocycles. The van der Waals surface area contributed by atoms with E-state index in [4.69, 9.17) is 9.47 Å². The lowest BCUT2D eigenvalue weighted by atomic mass is 10.1. The molecule has 1 atom stereocenters. The number of benzene rings is 1. The summed E-state index contributed by atoms with van der Waals surface area (Å²) in [6, 6.07) is 6.25. The fourth-order valence-corrected chi connectivity index (χ4v) is 3.29. The van der Waals surface area contributed by atoms with Crippen LogP contribution in [0.2, 0.25) is 0 Å². The van der Waals surface area contributed by atoms with Crippen LogP contribution in [-0.2, 0) is 6.54 Å². The van der Waals surface area contributed by atoms with Crippen molar-refractivity contribution in [2.75, 3.05) is 53.4 Å². The van der Waals surface area contributed by atoms with Crippen molar-refractivity contribution in [3.05, 3.63) is 23.8 Å². The number of likely N-dealkylation sites (tertiary alicyclic amines) is 1. The van der Waals surface area contributed by atoms with Crippen LogP contribution in [0.5, 0.6) is 11.5 Å². The number of piperazine rings is 1. The molecule has 0 aliphatic carbocycles. The third kappa shape index (κ3) is 3.72. The van der Waals surface area contributed by atoms with Gasteiger partial charge in [-0.2, -0.15) is 0 Å². The lowest BCUT2D eigenvalue weighted by molar-refractivity contribution is 0.196. The third-order valence-corrected chi connectivity index (χ3v) is 4.51. The van der Waals surface area contributed by atoms with Crippen LogP contribution in [0.25, 0.3) is 0 Å². The van der Waals surface area contributed by atoms with Crippen molar-refractivity contribution < 1.29 is 9.47 Å². The molecule has 22 heavy (non-hydrogen) atoms. The number of nitrogens with one attached hydrogen (secondary N) is 1. The Morgan fingerprint density at radius 3 is 2.73 bits per heavy atom. The zero-order valence-corrected chi connectivity index (χ0v) is 13.7. The van der Waals surface area contributed by atoms with Crippen molar-refractivity contribution in [3.63, 3.8) is 0 Å². The van der Waals surface area contributed by atoms with Crippen molar-refractivity contribution >= 4 is 0 Å². The van der Waals surface area contributed by atoms with Gasteiger partial charge >= 0.3 is 0 Å². The number of para-hydroxylation sites is 1. The van der Waals surface area contributed by atoms with Crippen molar-refractivity contribution in [1.82, 2.24) is 15.1 Å². The molecule has 1 aromatic rings. The summed E-state index contributed by atoms with van der Waals surface area (Å²) in [7, 11) is 3.88. The molecular formula is C17H27N3O2. The fourth-order valence-electron chi connectivity index (χ4n) is 3.29. The van der Waals surface area contributed by atoms with Crippen LogP contribution in [0, 0.1) is 0 Å². The summed E-state index contributed by atoms with van der Waals surface area (Å²) in [5.41, 5.74) is 1.22. The molecule has 2 aliphatic rings. The molecule has 5 heteroatoms. The monoisotopic (exact) mass is 305 g/mol. The number of nitrogens with zero attached hydrogens (tertiary/aromatic N) is 2. The lowest BCUT2D eigenvalue weighted by Gasteiger charge is -2.28. The molecule has 1 unspecified atom stereocenters. The Labute approximate surface area is 133 Å². The Balaban J connectivity index is 1.71. The zero-order chi connectivity index (χ0) is 15.4. The Morgan fingerprint density at radius 1 is 1.23 bits per heavy atom. The van der Waals surface area contributed by atoms with Gasteiger partial charge in [0.05, 0.1) is 7.11 Å². The maximum atomic E-state index is 6.20. The molecule has 122 valence electrons. The summed E-state index contributed by atoms with van der Waals surface area (Å²) in [4.78, 5) is 4.77. The highest BCUT2D eigenvalue weighted by Gasteiger charge is 2.23. The fraction of sp³-hybridized carbons (Fsp3) is 0.647. The maximum Gasteiger partial charge on any atom is 0.165 e. The van der Waals surface area contributed by atoms with Crippen LogP contribution in [0.1, 0.15) is 12.0 Å². The Kier molecular flexibility index (Phi) is 5.18. The number of methoxy groups -OCH3 is 1. The van der Waals surface area contributed by atoms with Gasteiger partial charge in [-0.1, -0.05) is 12.1 Å². The minimum Gasteiger partial charge on any atom is -0.493 e. The Morgan fingerprint density at radius 2 is 2.05 bits per heavy atom. The summed E-state index contributed by atoms with van der Waals surface area (Å²) in [6.45, 7) is 7.31. The number of likely N-dealkylation sites (N-methyl/N-ethyl adjacent to an activating group) is 1. The van der Waals surface area contributed by atoms with Crippen LogP contribution in [0.3, 0.4) is 0 Å². The molecule has 1 aromatic carbocycles. The highest BCUT2D eigenvalue weighted by Crippen LogP contribution is 2.33. The smallest absolute Gasteiger partial charge is 0.165 e. The first-order valence-electron chi connectivity index (χ1n) is 8.20. The van der Waals surface area contributed by atoms with Gasteiger partial charge < -0.3 is 19.7 Å². The Bertz CT molecular complexity index is 464. The van der Waals surface area contributed by atoms with Gasteiger partial charge in [0.25, 0.3) is 0 Å². The van der Waals surface area contributed by atoms with Crippen LogP contribution < -0.4 is 14.8 Å². The van der Waals surface area contributed by atoms with E-state index in [1.807, 2.05) is 6.07 Å². The number of ether oxygens (including phenoxy) is 2. The first-order valence-corrected chi connectivity index (χ1v) is 8.20. The zero-order valence-electron chi connectivity index (χ0n) is 13.7. The molecule has 0 spiro atoms. The second kappa shape index (κ2) is 7.31. The summed E-state index contributed by atoms with van der Waals surface area (Å²) < 4.78 is 11.9. The first kappa shape index (κ1) is 15.6. The average Bonchev–Trinajstić information content (AvgIpc) is 2.94. The second-order valence-corrected chi connectivity index (χ2v) is 6.27. The highest BCUT2D eigenvalue weighted by atomic mass is 16.5. The minimum atomic E-state index is 0.272. The highest BCUT2D eigenvalue weighted by molar-refractivity contribution is 5.46. The normalized spacial score (nSPS) is 23.6. The summed E-state index contributed by atoms with van der Waals surface area (Å²) in [6.07, 6.45) is 1.36. The van der Waals surface area contributed by atoms with E-state index >= 15 is 0 Å². The molecule has 2 fully saturated rings. The predicted molar refractivity (Wildman–Crippen MR) is 87.7 cm³/mol. The van der Waals surface area contributed by atoms with E-state index in [0.29, 0.717) is 0 Å². The molecule has 2 heterocycles. The van der Waals surface area contributed by atoms with E-state index < -0.39 is 0 Å². The van der Waals surface area contributed by atoms with Gasteiger partial charge in [-0.3, -0.25) is 4.90 Å². The van der Waals surface area contributed by atoms with Gasteiger partial charge in [0.1, 0.15) is 6.10 Å². The Hall–Kier alpha value is -1.30. The average molecular weight is 305 g/mol. The molecule has 3 rings (SSSR count). The molecule has 0 amide bonds. The van der Waals surface area contributed by atoms with E-state index in [0.717, 1.165) is 63.7 Å². The van der Waals surface area contributed by atoms with Gasteiger partial charge in [-0.25, -0.2) is 0 Å². The van der Waals surface area contributed by atoms with E-state index in [2.05, 4.69) is 34.3 Å². The van der Waals surface area contributed by atoms with Crippen molar-refractivity contribution in [2.24, 2.45) is 0 Å². The van der Waals surface area contributed by atoms with Crippen LogP contribution in [0.4, 0.5) is 0 Å². The first-order chi connectivity index (χ1) is 10.8. The van der Waals surface area contributed by atoms with Crippen molar-refractivity contribution in [3.8, 4) is 11.5 Å². The molecule has 0 bridgehead atoms. The standard InChI is InChI=1S/C17H27N3O2/c1-19-9-6-15(13-19)22-16-5-3-4-14(17(16)21-2)12-20-10-7-18-8-11-20/h3-5,15,18H,6-13H2,1-2H3. The molecular weight excluding hydrogens is 278 g/mol. The van der Waals surface area contributed by atoms with Gasteiger partial charge in [-0.05, 0) is 19.5 Å². The van der Waals surface area contributed by atoms with Gasteiger partial charge in [0.2, 0.25) is 0 Å². The molecule has 2 aliphatic heterocycles. The van der Waals surface area contributed by atoms with Gasteiger partial charge in [0.15, 0.2) is 11.5 Å². The van der Waals surface area contributed by atoms with Crippen molar-refractivity contribution in [2.45, 2.75) is 19.1 Å². The van der Waals surface area contributed by atoms with Crippen LogP contribution >= 0.6 is 0 Å². The lowest BCUT2D eigenvalue weighted by Crippen LogP contribution is -2.42. The molecule has 0 radical (unpaired) electrons.